The van der Waals surface area contributed by atoms with Crippen LogP contribution in [0.25, 0.3) is 0 Å². The van der Waals surface area contributed by atoms with Gasteiger partial charge in [-0.2, -0.15) is 0 Å². The van der Waals surface area contributed by atoms with Crippen LogP contribution in [0, 0.1) is 28.6 Å². The molecule has 0 aromatic rings. The molecule has 1 N–H and O–H groups in total. The summed E-state index contributed by atoms with van der Waals surface area (Å²) >= 11 is 0. The van der Waals surface area contributed by atoms with Gasteiger partial charge in [0.1, 0.15) is 5.78 Å². The quantitative estimate of drug-likeness (QED) is 0.731. The van der Waals surface area contributed by atoms with Crippen LogP contribution in [0.4, 0.5) is 0 Å². The van der Waals surface area contributed by atoms with Crippen molar-refractivity contribution in [2.24, 2.45) is 28.6 Å². The summed E-state index contributed by atoms with van der Waals surface area (Å²) in [6.07, 6.45) is 2.04. The third-order valence-electron chi connectivity index (χ3n) is 5.88. The lowest BCUT2D eigenvalue weighted by Crippen LogP contribution is -2.45. The SMILES string of the molecule is COC(=O)[C@]12CC(=O)CC1C[C@@H]1CC(C)(C)[C@@H](O)[C@@H]12. The molecule has 3 saturated carbocycles. The van der Waals surface area contributed by atoms with Gasteiger partial charge in [-0.15, -0.1) is 0 Å². The summed E-state index contributed by atoms with van der Waals surface area (Å²) in [5.41, 5.74) is -0.920. The summed E-state index contributed by atoms with van der Waals surface area (Å²) in [7, 11) is 1.39. The summed E-state index contributed by atoms with van der Waals surface area (Å²) in [6, 6.07) is 0. The lowest BCUT2D eigenvalue weighted by atomic mass is 9.69. The van der Waals surface area contributed by atoms with E-state index in [1.165, 1.54) is 7.11 Å². The van der Waals surface area contributed by atoms with Crippen molar-refractivity contribution in [3.05, 3.63) is 0 Å². The van der Waals surface area contributed by atoms with Crippen LogP contribution in [-0.4, -0.2) is 30.1 Å². The standard InChI is InChI=1S/C15H22O4/c1-14(2)6-8-4-9-5-10(16)7-15(9,13(18)19-3)11(8)12(14)17/h8-9,11-12,17H,4-7H2,1-3H3/t8-,9?,11-,12+,15-/m1/s1. The number of aliphatic hydroxyl groups is 1. The second-order valence-electron chi connectivity index (χ2n) is 7.31. The third kappa shape index (κ3) is 1.49. The Morgan fingerprint density at radius 1 is 1.42 bits per heavy atom. The van der Waals surface area contributed by atoms with E-state index in [0.29, 0.717) is 12.3 Å². The van der Waals surface area contributed by atoms with Crippen LogP contribution in [0.1, 0.15) is 39.5 Å². The highest BCUT2D eigenvalue weighted by Crippen LogP contribution is 2.67. The maximum atomic E-state index is 12.4. The summed E-state index contributed by atoms with van der Waals surface area (Å²) in [5.74, 6) is 0.181. The zero-order valence-corrected chi connectivity index (χ0v) is 11.8. The van der Waals surface area contributed by atoms with Crippen molar-refractivity contribution < 1.29 is 19.4 Å². The van der Waals surface area contributed by atoms with Crippen LogP contribution in [0.5, 0.6) is 0 Å². The fraction of sp³-hybridized carbons (Fsp3) is 0.867. The van der Waals surface area contributed by atoms with Gasteiger partial charge in [-0.3, -0.25) is 9.59 Å². The highest BCUT2D eigenvalue weighted by Gasteiger charge is 2.70. The maximum absolute atomic E-state index is 12.4. The smallest absolute Gasteiger partial charge is 0.312 e. The monoisotopic (exact) mass is 266 g/mol. The topological polar surface area (TPSA) is 63.6 Å². The molecule has 4 heteroatoms. The van der Waals surface area contributed by atoms with Crippen LogP contribution in [0.2, 0.25) is 0 Å². The number of carbonyl (C=O) groups is 2. The Bertz CT molecular complexity index is 441. The van der Waals surface area contributed by atoms with E-state index in [2.05, 4.69) is 0 Å². The fourth-order valence-corrected chi connectivity index (χ4v) is 5.21. The number of esters is 1. The van der Waals surface area contributed by atoms with Crippen LogP contribution in [-0.2, 0) is 14.3 Å². The molecule has 0 heterocycles. The Hall–Kier alpha value is -0.900. The molecule has 5 atom stereocenters. The molecular formula is C15H22O4. The molecule has 19 heavy (non-hydrogen) atoms. The molecule has 1 unspecified atom stereocenters. The lowest BCUT2D eigenvalue weighted by Gasteiger charge is -2.36. The molecule has 0 radical (unpaired) electrons. The Kier molecular flexibility index (Phi) is 2.63. The number of Topliss-reactive ketones (excluding diaryl/α,β-unsaturated/α-hetero) is 1. The van der Waals surface area contributed by atoms with Gasteiger partial charge in [0.15, 0.2) is 0 Å². The van der Waals surface area contributed by atoms with Crippen molar-refractivity contribution in [2.75, 3.05) is 7.11 Å². The van der Waals surface area contributed by atoms with Crippen LogP contribution < -0.4 is 0 Å². The maximum Gasteiger partial charge on any atom is 0.312 e. The normalized spacial score (nSPS) is 47.1. The van der Waals surface area contributed by atoms with Gasteiger partial charge in [-0.1, -0.05) is 13.8 Å². The molecule has 0 aromatic carbocycles. The van der Waals surface area contributed by atoms with Crippen molar-refractivity contribution in [3.8, 4) is 0 Å². The average molecular weight is 266 g/mol. The molecule has 0 bridgehead atoms. The second-order valence-corrected chi connectivity index (χ2v) is 7.31. The first kappa shape index (κ1) is 13.1. The molecule has 3 fully saturated rings. The van der Waals surface area contributed by atoms with Gasteiger partial charge in [0.25, 0.3) is 0 Å². The summed E-state index contributed by atoms with van der Waals surface area (Å²) in [4.78, 5) is 24.2. The van der Waals surface area contributed by atoms with E-state index in [1.807, 2.05) is 13.8 Å². The molecule has 0 aromatic heterocycles. The average Bonchev–Trinajstić information content (AvgIpc) is 2.85. The summed E-state index contributed by atoms with van der Waals surface area (Å²) < 4.78 is 5.01. The van der Waals surface area contributed by atoms with E-state index >= 15 is 0 Å². The highest BCUT2D eigenvalue weighted by atomic mass is 16.5. The van der Waals surface area contributed by atoms with Gasteiger partial charge in [0.2, 0.25) is 0 Å². The highest BCUT2D eigenvalue weighted by molar-refractivity contribution is 5.92. The number of ketones is 1. The van der Waals surface area contributed by atoms with Crippen molar-refractivity contribution >= 4 is 11.8 Å². The van der Waals surface area contributed by atoms with E-state index < -0.39 is 11.5 Å². The number of fused-ring (bicyclic) bond motifs is 3. The molecule has 0 spiro atoms. The number of rotatable bonds is 1. The van der Waals surface area contributed by atoms with E-state index in [4.69, 9.17) is 4.74 Å². The van der Waals surface area contributed by atoms with Gasteiger partial charge < -0.3 is 9.84 Å². The Balaban J connectivity index is 2.05. The van der Waals surface area contributed by atoms with Gasteiger partial charge in [-0.25, -0.2) is 0 Å². The number of hydrogen-bond donors (Lipinski definition) is 1. The summed E-state index contributed by atoms with van der Waals surface area (Å²) in [6.45, 7) is 4.10. The Labute approximate surface area is 113 Å². The third-order valence-corrected chi connectivity index (χ3v) is 5.88. The Morgan fingerprint density at radius 2 is 2.11 bits per heavy atom. The fourth-order valence-electron chi connectivity index (χ4n) is 5.21. The minimum Gasteiger partial charge on any atom is -0.469 e. The van der Waals surface area contributed by atoms with Gasteiger partial charge in [0, 0.05) is 18.8 Å². The molecule has 3 rings (SSSR count). The first-order valence-electron chi connectivity index (χ1n) is 7.11. The predicted molar refractivity (Wildman–Crippen MR) is 68.2 cm³/mol. The van der Waals surface area contributed by atoms with E-state index in [9.17, 15) is 14.7 Å². The van der Waals surface area contributed by atoms with Crippen LogP contribution in [0.15, 0.2) is 0 Å². The lowest BCUT2D eigenvalue weighted by molar-refractivity contribution is -0.161. The van der Waals surface area contributed by atoms with Crippen molar-refractivity contribution in [1.29, 1.82) is 0 Å². The van der Waals surface area contributed by atoms with E-state index in [-0.39, 0.29) is 35.4 Å². The zero-order valence-electron chi connectivity index (χ0n) is 11.8. The molecule has 0 saturated heterocycles. The largest absolute Gasteiger partial charge is 0.469 e. The molecule has 0 amide bonds. The number of methoxy groups -OCH3 is 1. The molecule has 4 nitrogen and oxygen atoms in total. The van der Waals surface area contributed by atoms with Gasteiger partial charge in [-0.05, 0) is 30.1 Å². The minimum absolute atomic E-state index is 0.0770. The van der Waals surface area contributed by atoms with E-state index in [0.717, 1.165) is 12.8 Å². The minimum atomic E-state index is -0.746. The first-order chi connectivity index (χ1) is 8.83. The summed E-state index contributed by atoms with van der Waals surface area (Å²) in [5, 5.41) is 10.7. The second kappa shape index (κ2) is 3.81. The van der Waals surface area contributed by atoms with Crippen molar-refractivity contribution in [1.82, 2.24) is 0 Å². The molecule has 106 valence electrons. The van der Waals surface area contributed by atoms with Crippen molar-refractivity contribution in [3.63, 3.8) is 0 Å². The predicted octanol–water partition coefficient (Wildman–Crippen LogP) is 1.55. The number of hydrogen-bond acceptors (Lipinski definition) is 4. The number of aliphatic hydroxyl groups excluding tert-OH is 1. The number of carbonyl (C=O) groups excluding carboxylic acids is 2. The molecular weight excluding hydrogens is 244 g/mol. The first-order valence-corrected chi connectivity index (χ1v) is 7.11. The van der Waals surface area contributed by atoms with E-state index in [1.54, 1.807) is 0 Å². The van der Waals surface area contributed by atoms with Gasteiger partial charge >= 0.3 is 5.97 Å². The van der Waals surface area contributed by atoms with Gasteiger partial charge in [0.05, 0.1) is 18.6 Å². The van der Waals surface area contributed by atoms with Crippen molar-refractivity contribution in [2.45, 2.75) is 45.6 Å². The molecule has 3 aliphatic rings. The zero-order chi connectivity index (χ0) is 14.0. The number of ether oxygens (including phenoxy) is 1. The Morgan fingerprint density at radius 3 is 2.74 bits per heavy atom. The molecule has 0 aliphatic heterocycles. The molecule has 3 aliphatic carbocycles. The van der Waals surface area contributed by atoms with Crippen LogP contribution >= 0.6 is 0 Å². The van der Waals surface area contributed by atoms with Crippen LogP contribution in [0.3, 0.4) is 0 Å².